The molecular weight excluding hydrogens is 224 g/mol. The lowest BCUT2D eigenvalue weighted by atomic mass is 10.0. The standard InChI is InChI=1S/C16H16O2/c1-12(17)10-16(18)9-7-13-6-8-14-4-2-3-5-15(14)11-13/h2-6,8,11H,7,9-10H2,1H3. The third kappa shape index (κ3) is 3.27. The van der Waals surface area contributed by atoms with E-state index in [4.69, 9.17) is 0 Å². The third-order valence-electron chi connectivity index (χ3n) is 2.95. The van der Waals surface area contributed by atoms with Gasteiger partial charge in [-0.1, -0.05) is 42.5 Å². The minimum Gasteiger partial charge on any atom is -0.300 e. The molecule has 0 aromatic heterocycles. The molecule has 0 saturated heterocycles. The molecule has 0 aliphatic rings. The Morgan fingerprint density at radius 2 is 1.72 bits per heavy atom. The maximum atomic E-state index is 11.5. The summed E-state index contributed by atoms with van der Waals surface area (Å²) < 4.78 is 0. The van der Waals surface area contributed by atoms with Crippen LogP contribution in [0.5, 0.6) is 0 Å². The predicted molar refractivity (Wildman–Crippen MR) is 72.6 cm³/mol. The van der Waals surface area contributed by atoms with Gasteiger partial charge < -0.3 is 0 Å². The van der Waals surface area contributed by atoms with Gasteiger partial charge in [-0.3, -0.25) is 9.59 Å². The molecule has 2 aromatic carbocycles. The molecule has 0 N–H and O–H groups in total. The molecule has 0 bridgehead atoms. The van der Waals surface area contributed by atoms with Gasteiger partial charge in [0.2, 0.25) is 0 Å². The molecular formula is C16H16O2. The van der Waals surface area contributed by atoms with E-state index < -0.39 is 0 Å². The van der Waals surface area contributed by atoms with Crippen LogP contribution in [0, 0.1) is 0 Å². The number of hydrogen-bond donors (Lipinski definition) is 0. The van der Waals surface area contributed by atoms with Crippen LogP contribution in [-0.4, -0.2) is 11.6 Å². The fourth-order valence-electron chi connectivity index (χ4n) is 2.04. The second-order valence-corrected chi connectivity index (χ2v) is 4.60. The Morgan fingerprint density at radius 3 is 2.44 bits per heavy atom. The van der Waals surface area contributed by atoms with E-state index in [1.165, 1.54) is 17.7 Å². The molecule has 0 atom stereocenters. The number of benzene rings is 2. The number of carbonyl (C=O) groups is 2. The quantitative estimate of drug-likeness (QED) is 0.751. The minimum atomic E-state index is -0.0569. The van der Waals surface area contributed by atoms with Crippen LogP contribution in [0.3, 0.4) is 0 Å². The molecule has 0 unspecified atom stereocenters. The second kappa shape index (κ2) is 5.58. The van der Waals surface area contributed by atoms with E-state index in [0.717, 1.165) is 5.56 Å². The average Bonchev–Trinajstić information content (AvgIpc) is 2.35. The molecule has 0 aliphatic carbocycles. The molecule has 2 heteroatoms. The molecule has 0 spiro atoms. The summed E-state index contributed by atoms with van der Waals surface area (Å²) in [4.78, 5) is 22.3. The van der Waals surface area contributed by atoms with E-state index in [9.17, 15) is 9.59 Å². The lowest BCUT2D eigenvalue weighted by Gasteiger charge is -2.03. The van der Waals surface area contributed by atoms with Crippen molar-refractivity contribution in [3.05, 3.63) is 48.0 Å². The van der Waals surface area contributed by atoms with Crippen molar-refractivity contribution in [2.24, 2.45) is 0 Å². The highest BCUT2D eigenvalue weighted by Gasteiger charge is 2.06. The average molecular weight is 240 g/mol. The van der Waals surface area contributed by atoms with Gasteiger partial charge in [0.1, 0.15) is 11.6 Å². The van der Waals surface area contributed by atoms with Gasteiger partial charge in [-0.05, 0) is 29.7 Å². The van der Waals surface area contributed by atoms with Gasteiger partial charge in [0.15, 0.2) is 0 Å². The summed E-state index contributed by atoms with van der Waals surface area (Å²) in [6.07, 6.45) is 1.21. The van der Waals surface area contributed by atoms with Crippen molar-refractivity contribution >= 4 is 22.3 Å². The van der Waals surface area contributed by atoms with Gasteiger partial charge >= 0.3 is 0 Å². The van der Waals surface area contributed by atoms with Crippen molar-refractivity contribution in [3.63, 3.8) is 0 Å². The SMILES string of the molecule is CC(=O)CC(=O)CCc1ccc2ccccc2c1. The zero-order valence-corrected chi connectivity index (χ0v) is 10.5. The van der Waals surface area contributed by atoms with E-state index >= 15 is 0 Å². The summed E-state index contributed by atoms with van der Waals surface area (Å²) in [5, 5.41) is 2.39. The highest BCUT2D eigenvalue weighted by atomic mass is 16.1. The van der Waals surface area contributed by atoms with Crippen LogP contribution >= 0.6 is 0 Å². The van der Waals surface area contributed by atoms with Gasteiger partial charge in [0.05, 0.1) is 6.42 Å². The van der Waals surface area contributed by atoms with Crippen molar-refractivity contribution < 1.29 is 9.59 Å². The number of fused-ring (bicyclic) bond motifs is 1. The normalized spacial score (nSPS) is 10.5. The predicted octanol–water partition coefficient (Wildman–Crippen LogP) is 3.32. The highest BCUT2D eigenvalue weighted by molar-refractivity contribution is 5.98. The fourth-order valence-corrected chi connectivity index (χ4v) is 2.04. The summed E-state index contributed by atoms with van der Waals surface area (Å²) in [5.41, 5.74) is 1.14. The number of Topliss-reactive ketones (excluding diaryl/α,β-unsaturated/α-hetero) is 2. The first-order valence-corrected chi connectivity index (χ1v) is 6.14. The third-order valence-corrected chi connectivity index (χ3v) is 2.95. The molecule has 0 radical (unpaired) electrons. The zero-order chi connectivity index (χ0) is 13.0. The van der Waals surface area contributed by atoms with E-state index in [1.54, 1.807) is 0 Å². The van der Waals surface area contributed by atoms with Gasteiger partial charge in [-0.2, -0.15) is 0 Å². The molecule has 18 heavy (non-hydrogen) atoms. The van der Waals surface area contributed by atoms with Crippen molar-refractivity contribution in [3.8, 4) is 0 Å². The topological polar surface area (TPSA) is 34.1 Å². The zero-order valence-electron chi connectivity index (χ0n) is 10.5. The maximum Gasteiger partial charge on any atom is 0.140 e. The van der Waals surface area contributed by atoms with Crippen molar-refractivity contribution in [2.45, 2.75) is 26.2 Å². The van der Waals surface area contributed by atoms with Crippen molar-refractivity contribution in [1.29, 1.82) is 0 Å². The molecule has 92 valence electrons. The first kappa shape index (κ1) is 12.5. The molecule has 0 fully saturated rings. The Bertz CT molecular complexity index is 584. The van der Waals surface area contributed by atoms with Crippen molar-refractivity contribution in [2.75, 3.05) is 0 Å². The first-order chi connectivity index (χ1) is 8.65. The number of carbonyl (C=O) groups excluding carboxylic acids is 2. The Morgan fingerprint density at radius 1 is 1.00 bits per heavy atom. The van der Waals surface area contributed by atoms with Crippen LogP contribution in [0.1, 0.15) is 25.3 Å². The van der Waals surface area contributed by atoms with E-state index in [0.29, 0.717) is 12.8 Å². The molecule has 2 nitrogen and oxygen atoms in total. The molecule has 0 heterocycles. The largest absolute Gasteiger partial charge is 0.300 e. The Balaban J connectivity index is 2.04. The Hall–Kier alpha value is -1.96. The van der Waals surface area contributed by atoms with E-state index in [-0.39, 0.29) is 18.0 Å². The fraction of sp³-hybridized carbons (Fsp3) is 0.250. The maximum absolute atomic E-state index is 11.5. The Kier molecular flexibility index (Phi) is 3.88. The summed E-state index contributed by atoms with van der Waals surface area (Å²) in [5.74, 6) is -0.0332. The van der Waals surface area contributed by atoms with Crippen LogP contribution in [0.2, 0.25) is 0 Å². The van der Waals surface area contributed by atoms with E-state index in [1.807, 2.05) is 18.2 Å². The van der Waals surface area contributed by atoms with Crippen LogP contribution < -0.4 is 0 Å². The Labute approximate surface area is 107 Å². The van der Waals surface area contributed by atoms with Gasteiger partial charge in [-0.15, -0.1) is 0 Å². The number of aryl methyl sites for hydroxylation is 1. The summed E-state index contributed by atoms with van der Waals surface area (Å²) in [7, 11) is 0. The van der Waals surface area contributed by atoms with Crippen molar-refractivity contribution in [1.82, 2.24) is 0 Å². The van der Waals surface area contributed by atoms with Crippen LogP contribution in [0.4, 0.5) is 0 Å². The lowest BCUT2D eigenvalue weighted by Crippen LogP contribution is -2.05. The smallest absolute Gasteiger partial charge is 0.140 e. The molecule has 0 aliphatic heterocycles. The summed E-state index contributed by atoms with van der Waals surface area (Å²) in [6, 6.07) is 14.4. The second-order valence-electron chi connectivity index (χ2n) is 4.60. The van der Waals surface area contributed by atoms with Gasteiger partial charge in [-0.25, -0.2) is 0 Å². The number of hydrogen-bond acceptors (Lipinski definition) is 2. The highest BCUT2D eigenvalue weighted by Crippen LogP contribution is 2.16. The molecule has 2 aromatic rings. The van der Waals surface area contributed by atoms with Gasteiger partial charge in [0, 0.05) is 6.42 Å². The first-order valence-electron chi connectivity index (χ1n) is 6.14. The molecule has 2 rings (SSSR count). The van der Waals surface area contributed by atoms with Gasteiger partial charge in [0.25, 0.3) is 0 Å². The van der Waals surface area contributed by atoms with Crippen LogP contribution in [-0.2, 0) is 16.0 Å². The molecule has 0 amide bonds. The minimum absolute atomic E-state index is 0.0238. The molecule has 0 saturated carbocycles. The monoisotopic (exact) mass is 240 g/mol. The summed E-state index contributed by atoms with van der Waals surface area (Å²) >= 11 is 0. The number of rotatable bonds is 5. The summed E-state index contributed by atoms with van der Waals surface area (Å²) in [6.45, 7) is 1.45. The van der Waals surface area contributed by atoms with Crippen LogP contribution in [0.15, 0.2) is 42.5 Å². The van der Waals surface area contributed by atoms with Crippen LogP contribution in [0.25, 0.3) is 10.8 Å². The number of ketones is 2. The lowest BCUT2D eigenvalue weighted by molar-refractivity contribution is -0.125. The van der Waals surface area contributed by atoms with E-state index in [2.05, 4.69) is 24.3 Å².